The summed E-state index contributed by atoms with van der Waals surface area (Å²) < 4.78 is 6.27. The van der Waals surface area contributed by atoms with Crippen LogP contribution in [0.1, 0.15) is 29.5 Å². The Bertz CT molecular complexity index is 1350. The number of rotatable bonds is 5. The van der Waals surface area contributed by atoms with E-state index in [9.17, 15) is 9.59 Å². The van der Waals surface area contributed by atoms with Crippen molar-refractivity contribution in [3.05, 3.63) is 89.0 Å². The summed E-state index contributed by atoms with van der Waals surface area (Å²) in [7, 11) is 2.14. The highest BCUT2D eigenvalue weighted by Crippen LogP contribution is 2.35. The fourth-order valence-corrected chi connectivity index (χ4v) is 5.46. The van der Waals surface area contributed by atoms with Gasteiger partial charge in [-0.15, -0.1) is 10.2 Å². The lowest BCUT2D eigenvalue weighted by molar-refractivity contribution is -0.120. The molecule has 3 aliphatic heterocycles. The number of benzene rings is 2. The van der Waals surface area contributed by atoms with Crippen LogP contribution in [0, 0.1) is 5.92 Å². The summed E-state index contributed by atoms with van der Waals surface area (Å²) in [4.78, 5) is 29.6. The van der Waals surface area contributed by atoms with E-state index in [0.717, 1.165) is 60.5 Å². The number of piperidine rings is 1. The largest absolute Gasteiger partial charge is 0.490 e. The minimum atomic E-state index is -0.373. The monoisotopic (exact) mass is 494 g/mol. The van der Waals surface area contributed by atoms with Crippen LogP contribution in [0.2, 0.25) is 0 Å². The van der Waals surface area contributed by atoms with Crippen molar-refractivity contribution in [3.63, 3.8) is 0 Å². The van der Waals surface area contributed by atoms with Crippen LogP contribution >= 0.6 is 0 Å². The molecule has 0 bridgehead atoms. The van der Waals surface area contributed by atoms with Gasteiger partial charge in [0.05, 0.1) is 23.7 Å². The number of azo groups is 1. The highest BCUT2D eigenvalue weighted by molar-refractivity contribution is 5.97. The average molecular weight is 495 g/mol. The molecule has 0 radical (unpaired) electrons. The topological polar surface area (TPSA) is 74.6 Å². The van der Waals surface area contributed by atoms with Crippen LogP contribution in [0.4, 0.5) is 5.69 Å². The molecule has 7 nitrogen and oxygen atoms in total. The molecule has 0 aromatic heterocycles. The lowest BCUT2D eigenvalue weighted by atomic mass is 9.89. The maximum absolute atomic E-state index is 13.3. The van der Waals surface area contributed by atoms with E-state index < -0.39 is 0 Å². The Morgan fingerprint density at radius 1 is 1.03 bits per heavy atom. The number of allylic oxidation sites excluding steroid dienone is 3. The number of carbonyl (C=O) groups is 2. The summed E-state index contributed by atoms with van der Waals surface area (Å²) >= 11 is 0. The number of likely N-dealkylation sites (tertiary alicyclic amines) is 1. The molecule has 188 valence electrons. The standard InChI is InChI=1S/C30H30N4O3/c1-33-15-13-23(14-16-33)37-24-11-10-21-12-17-34(27(21)19-24)28(35)18-20-6-8-22(9-7-20)29-25-4-2-3-5-26(25)30(36)32-31-29/h2-11,19,23,26H,12-18H2,1H3. The molecule has 1 aliphatic carbocycles. The van der Waals surface area contributed by atoms with Gasteiger partial charge in [-0.25, -0.2) is 0 Å². The Hall–Kier alpha value is -3.84. The molecule has 37 heavy (non-hydrogen) atoms. The van der Waals surface area contributed by atoms with Crippen molar-refractivity contribution >= 4 is 23.2 Å². The maximum Gasteiger partial charge on any atom is 0.276 e. The van der Waals surface area contributed by atoms with Crippen LogP contribution in [0.5, 0.6) is 5.75 Å². The van der Waals surface area contributed by atoms with Gasteiger partial charge in [0, 0.05) is 31.3 Å². The molecular formula is C30H30N4O3. The molecule has 0 saturated carbocycles. The zero-order valence-corrected chi connectivity index (χ0v) is 21.0. The van der Waals surface area contributed by atoms with Gasteiger partial charge in [0.15, 0.2) is 0 Å². The van der Waals surface area contributed by atoms with E-state index in [4.69, 9.17) is 4.74 Å². The highest BCUT2D eigenvalue weighted by atomic mass is 16.5. The molecule has 1 saturated heterocycles. The number of nitrogens with zero attached hydrogens (tertiary/aromatic N) is 4. The Labute approximate surface area is 216 Å². The van der Waals surface area contributed by atoms with Crippen LogP contribution < -0.4 is 9.64 Å². The second-order valence-corrected chi connectivity index (χ2v) is 10.1. The molecule has 6 rings (SSSR count). The Kier molecular flexibility index (Phi) is 6.30. The third-order valence-corrected chi connectivity index (χ3v) is 7.62. The predicted molar refractivity (Wildman–Crippen MR) is 142 cm³/mol. The number of fused-ring (bicyclic) bond motifs is 2. The molecule has 2 aromatic carbocycles. The van der Waals surface area contributed by atoms with Gasteiger partial charge in [0.2, 0.25) is 5.91 Å². The van der Waals surface area contributed by atoms with Crippen LogP contribution in [0.3, 0.4) is 0 Å². The first kappa shape index (κ1) is 23.6. The lowest BCUT2D eigenvalue weighted by Gasteiger charge is -2.29. The molecule has 1 fully saturated rings. The van der Waals surface area contributed by atoms with Gasteiger partial charge in [0.1, 0.15) is 11.9 Å². The third-order valence-electron chi connectivity index (χ3n) is 7.62. The highest BCUT2D eigenvalue weighted by Gasteiger charge is 2.28. The van der Waals surface area contributed by atoms with Crippen LogP contribution in [0.15, 0.2) is 82.6 Å². The van der Waals surface area contributed by atoms with Crippen molar-refractivity contribution in [2.45, 2.75) is 31.8 Å². The Balaban J connectivity index is 1.14. The van der Waals surface area contributed by atoms with Crippen molar-refractivity contribution in [3.8, 4) is 5.75 Å². The first-order valence-electron chi connectivity index (χ1n) is 13.0. The number of hydrogen-bond acceptors (Lipinski definition) is 5. The van der Waals surface area contributed by atoms with Gasteiger partial charge in [0.25, 0.3) is 5.91 Å². The van der Waals surface area contributed by atoms with Gasteiger partial charge in [-0.05, 0) is 49.1 Å². The SMILES string of the molecule is CN1CCC(Oc2ccc3c(c2)N(C(=O)Cc2ccc(C4=C5C=CC=CC5C(=O)N=N4)cc2)CC3)CC1. The van der Waals surface area contributed by atoms with Crippen molar-refractivity contribution < 1.29 is 14.3 Å². The van der Waals surface area contributed by atoms with E-state index in [1.165, 1.54) is 5.56 Å². The second-order valence-electron chi connectivity index (χ2n) is 10.1. The smallest absolute Gasteiger partial charge is 0.276 e. The zero-order valence-electron chi connectivity index (χ0n) is 21.0. The van der Waals surface area contributed by atoms with Gasteiger partial charge >= 0.3 is 0 Å². The van der Waals surface area contributed by atoms with Crippen molar-refractivity contribution in [2.24, 2.45) is 16.1 Å². The fourth-order valence-electron chi connectivity index (χ4n) is 5.46. The summed E-state index contributed by atoms with van der Waals surface area (Å²) in [5, 5.41) is 8.01. The van der Waals surface area contributed by atoms with Crippen molar-refractivity contribution in [1.82, 2.24) is 4.90 Å². The van der Waals surface area contributed by atoms with Gasteiger partial charge in [-0.3, -0.25) is 9.59 Å². The molecule has 1 unspecified atom stereocenters. The van der Waals surface area contributed by atoms with Crippen LogP contribution in [-0.4, -0.2) is 49.5 Å². The summed E-state index contributed by atoms with van der Waals surface area (Å²) in [6.07, 6.45) is 11.0. The van der Waals surface area contributed by atoms with Gasteiger partial charge in [-0.1, -0.05) is 54.6 Å². The predicted octanol–water partition coefficient (Wildman–Crippen LogP) is 4.74. The first-order chi connectivity index (χ1) is 18.0. The lowest BCUT2D eigenvalue weighted by Crippen LogP contribution is -2.35. The van der Waals surface area contributed by atoms with E-state index in [0.29, 0.717) is 18.7 Å². The van der Waals surface area contributed by atoms with Crippen LogP contribution in [0.25, 0.3) is 5.70 Å². The van der Waals surface area contributed by atoms with Gasteiger partial charge in [-0.2, -0.15) is 0 Å². The Morgan fingerprint density at radius 2 is 1.84 bits per heavy atom. The molecular weight excluding hydrogens is 464 g/mol. The number of carbonyl (C=O) groups excluding carboxylic acids is 2. The maximum atomic E-state index is 13.3. The normalized spacial score (nSPS) is 21.4. The first-order valence-corrected chi connectivity index (χ1v) is 13.0. The summed E-state index contributed by atoms with van der Waals surface area (Å²) in [6.45, 7) is 2.79. The fraction of sp³-hybridized carbons (Fsp3) is 0.333. The number of anilines is 1. The molecule has 1 atom stereocenters. The van der Waals surface area contributed by atoms with Crippen molar-refractivity contribution in [1.29, 1.82) is 0 Å². The molecule has 4 aliphatic rings. The van der Waals surface area contributed by atoms with Gasteiger partial charge < -0.3 is 14.5 Å². The number of ether oxygens (including phenoxy) is 1. The van der Waals surface area contributed by atoms with Crippen LogP contribution in [-0.2, 0) is 22.4 Å². The van der Waals surface area contributed by atoms with E-state index in [1.807, 2.05) is 65.6 Å². The summed E-state index contributed by atoms with van der Waals surface area (Å²) in [6, 6.07) is 14.0. The third kappa shape index (κ3) is 4.79. The molecule has 0 N–H and O–H groups in total. The van der Waals surface area contributed by atoms with Crippen molar-refractivity contribution in [2.75, 3.05) is 31.6 Å². The number of hydrogen-bond donors (Lipinski definition) is 0. The molecule has 2 amide bonds. The van der Waals surface area contributed by atoms with E-state index >= 15 is 0 Å². The molecule has 3 heterocycles. The summed E-state index contributed by atoms with van der Waals surface area (Å²) in [5.41, 5.74) is 5.54. The summed E-state index contributed by atoms with van der Waals surface area (Å²) in [5.74, 6) is 0.305. The average Bonchev–Trinajstić information content (AvgIpc) is 3.35. The number of amides is 2. The van der Waals surface area contributed by atoms with E-state index in [2.05, 4.69) is 28.2 Å². The second kappa shape index (κ2) is 9.90. The quantitative estimate of drug-likeness (QED) is 0.602. The Morgan fingerprint density at radius 3 is 2.65 bits per heavy atom. The molecule has 2 aromatic rings. The zero-order chi connectivity index (χ0) is 25.4. The van der Waals surface area contributed by atoms with E-state index in [1.54, 1.807) is 0 Å². The minimum Gasteiger partial charge on any atom is -0.490 e. The molecule has 7 heteroatoms. The molecule has 0 spiro atoms. The minimum absolute atomic E-state index is 0.0772. The van der Waals surface area contributed by atoms with E-state index in [-0.39, 0.29) is 23.8 Å².